The highest BCUT2D eigenvalue weighted by Gasteiger charge is 2.39. The molecule has 2 fully saturated rings. The second kappa shape index (κ2) is 4.10. The summed E-state index contributed by atoms with van der Waals surface area (Å²) in [6, 6.07) is 0.503. The molecule has 4 nitrogen and oxygen atoms in total. The third-order valence-electron chi connectivity index (χ3n) is 3.70. The lowest BCUT2D eigenvalue weighted by Gasteiger charge is -2.28. The first kappa shape index (κ1) is 10.9. The van der Waals surface area contributed by atoms with Crippen LogP contribution in [0.5, 0.6) is 0 Å². The lowest BCUT2D eigenvalue weighted by Crippen LogP contribution is -2.48. The van der Waals surface area contributed by atoms with Crippen molar-refractivity contribution >= 4 is 5.91 Å². The highest BCUT2D eigenvalue weighted by Crippen LogP contribution is 2.30. The molecule has 0 aromatic heterocycles. The van der Waals surface area contributed by atoms with E-state index in [0.717, 1.165) is 25.8 Å². The topological polar surface area (TPSA) is 43.8 Å². The monoisotopic (exact) mass is 212 g/mol. The molecule has 2 aliphatic rings. The number of carbonyl (C=O) groups excluding carboxylic acids is 1. The highest BCUT2D eigenvalue weighted by atomic mass is 16.3. The molecule has 2 rings (SSSR count). The molecule has 86 valence electrons. The quantitative estimate of drug-likeness (QED) is 0.704. The maximum absolute atomic E-state index is 12.1. The van der Waals surface area contributed by atoms with Crippen molar-refractivity contribution in [1.82, 2.24) is 9.80 Å². The van der Waals surface area contributed by atoms with E-state index in [9.17, 15) is 9.90 Å². The van der Waals surface area contributed by atoms with Gasteiger partial charge in [-0.05, 0) is 33.2 Å². The molecule has 4 heteroatoms. The summed E-state index contributed by atoms with van der Waals surface area (Å²) in [7, 11) is 1.93. The van der Waals surface area contributed by atoms with Crippen molar-refractivity contribution in [3.8, 4) is 0 Å². The first-order valence-electron chi connectivity index (χ1n) is 5.78. The van der Waals surface area contributed by atoms with Crippen LogP contribution in [0.15, 0.2) is 0 Å². The van der Waals surface area contributed by atoms with Crippen molar-refractivity contribution < 1.29 is 9.90 Å². The molecule has 0 bridgehead atoms. The van der Waals surface area contributed by atoms with E-state index in [1.165, 1.54) is 0 Å². The molecule has 0 radical (unpaired) electrons. The summed E-state index contributed by atoms with van der Waals surface area (Å²) in [6.45, 7) is 2.90. The lowest BCUT2D eigenvalue weighted by molar-refractivity contribution is -0.137. The van der Waals surface area contributed by atoms with Gasteiger partial charge in [0.1, 0.15) is 6.04 Å². The fourth-order valence-electron chi connectivity index (χ4n) is 2.27. The fourth-order valence-corrected chi connectivity index (χ4v) is 2.27. The molecular weight excluding hydrogens is 192 g/mol. The molecule has 0 spiro atoms. The third-order valence-corrected chi connectivity index (χ3v) is 3.70. The van der Waals surface area contributed by atoms with Crippen LogP contribution in [0.4, 0.5) is 0 Å². The van der Waals surface area contributed by atoms with Crippen LogP contribution in [0.1, 0.15) is 26.2 Å². The summed E-state index contributed by atoms with van der Waals surface area (Å²) in [4.78, 5) is 16.1. The van der Waals surface area contributed by atoms with Gasteiger partial charge in [0, 0.05) is 18.6 Å². The minimum absolute atomic E-state index is 0.0666. The van der Waals surface area contributed by atoms with Gasteiger partial charge in [-0.25, -0.2) is 0 Å². The van der Waals surface area contributed by atoms with Crippen LogP contribution in [-0.4, -0.2) is 59.1 Å². The molecule has 1 aliphatic carbocycles. The minimum atomic E-state index is -0.330. The molecule has 0 aromatic rings. The number of likely N-dealkylation sites (N-methyl/N-ethyl adjacent to an activating group) is 1. The molecule has 1 N–H and O–H groups in total. The van der Waals surface area contributed by atoms with Crippen LogP contribution in [0, 0.1) is 0 Å². The summed E-state index contributed by atoms with van der Waals surface area (Å²) < 4.78 is 0. The van der Waals surface area contributed by atoms with Gasteiger partial charge in [-0.2, -0.15) is 0 Å². The van der Waals surface area contributed by atoms with Crippen molar-refractivity contribution in [1.29, 1.82) is 0 Å². The van der Waals surface area contributed by atoms with Gasteiger partial charge in [-0.3, -0.25) is 9.69 Å². The average molecular weight is 212 g/mol. The zero-order chi connectivity index (χ0) is 11.0. The van der Waals surface area contributed by atoms with Gasteiger partial charge in [0.25, 0.3) is 0 Å². The minimum Gasteiger partial charge on any atom is -0.394 e. The molecule has 1 saturated carbocycles. The van der Waals surface area contributed by atoms with Crippen molar-refractivity contribution in [3.05, 3.63) is 0 Å². The predicted molar refractivity (Wildman–Crippen MR) is 57.5 cm³/mol. The van der Waals surface area contributed by atoms with E-state index in [2.05, 4.69) is 6.92 Å². The Kier molecular flexibility index (Phi) is 2.98. The van der Waals surface area contributed by atoms with Crippen LogP contribution in [-0.2, 0) is 4.79 Å². The Morgan fingerprint density at radius 2 is 2.07 bits per heavy atom. The third kappa shape index (κ3) is 2.01. The fraction of sp³-hybridized carbons (Fsp3) is 0.909. The number of rotatable bonds is 2. The normalized spacial score (nSPS) is 34.3. The number of carbonyl (C=O) groups is 1. The maximum atomic E-state index is 12.1. The molecule has 1 heterocycles. The van der Waals surface area contributed by atoms with Crippen LogP contribution >= 0.6 is 0 Å². The summed E-state index contributed by atoms with van der Waals surface area (Å²) in [6.07, 6.45) is 3.29. The van der Waals surface area contributed by atoms with Crippen LogP contribution in [0.2, 0.25) is 0 Å². The molecule has 0 aromatic carbocycles. The SMILES string of the molecule is CC1CCN(C2CC2)C(=O)C(CO)N1C. The van der Waals surface area contributed by atoms with Crippen molar-refractivity contribution in [3.63, 3.8) is 0 Å². The second-order valence-corrected chi connectivity index (χ2v) is 4.76. The number of aliphatic hydroxyl groups is 1. The zero-order valence-electron chi connectivity index (χ0n) is 9.52. The van der Waals surface area contributed by atoms with E-state index in [4.69, 9.17) is 0 Å². The van der Waals surface area contributed by atoms with Crippen molar-refractivity contribution in [2.75, 3.05) is 20.2 Å². The Hall–Kier alpha value is -0.610. The predicted octanol–water partition coefficient (Wildman–Crippen LogP) is 0.0623. The molecule has 1 saturated heterocycles. The first-order chi connectivity index (χ1) is 7.15. The second-order valence-electron chi connectivity index (χ2n) is 4.76. The summed E-state index contributed by atoms with van der Waals surface area (Å²) in [5.74, 6) is 0.117. The van der Waals surface area contributed by atoms with E-state index in [-0.39, 0.29) is 18.6 Å². The Bertz CT molecular complexity index is 253. The van der Waals surface area contributed by atoms with E-state index < -0.39 is 0 Å². The molecule has 15 heavy (non-hydrogen) atoms. The van der Waals surface area contributed by atoms with Gasteiger partial charge in [0.15, 0.2) is 0 Å². The Labute approximate surface area is 90.9 Å². The standard InChI is InChI=1S/C11H20N2O2/c1-8-5-6-13(9-3-4-9)11(15)10(7-14)12(8)2/h8-10,14H,3-7H2,1-2H3. The van der Waals surface area contributed by atoms with Crippen molar-refractivity contribution in [2.24, 2.45) is 0 Å². The number of hydrogen-bond acceptors (Lipinski definition) is 3. The van der Waals surface area contributed by atoms with Crippen molar-refractivity contribution in [2.45, 2.75) is 44.3 Å². The number of aliphatic hydroxyl groups excluding tert-OH is 1. The van der Waals surface area contributed by atoms with Gasteiger partial charge >= 0.3 is 0 Å². The molecule has 1 aliphatic heterocycles. The Morgan fingerprint density at radius 3 is 2.60 bits per heavy atom. The number of hydrogen-bond donors (Lipinski definition) is 1. The summed E-state index contributed by atoms with van der Waals surface area (Å²) >= 11 is 0. The Morgan fingerprint density at radius 1 is 1.40 bits per heavy atom. The molecule has 2 unspecified atom stereocenters. The van der Waals surface area contributed by atoms with Gasteiger partial charge in [-0.1, -0.05) is 0 Å². The number of amides is 1. The van der Waals surface area contributed by atoms with E-state index >= 15 is 0 Å². The Balaban J connectivity index is 2.14. The van der Waals surface area contributed by atoms with Gasteiger partial charge in [0.2, 0.25) is 5.91 Å². The highest BCUT2D eigenvalue weighted by molar-refractivity contribution is 5.83. The largest absolute Gasteiger partial charge is 0.394 e. The van der Waals surface area contributed by atoms with Gasteiger partial charge in [-0.15, -0.1) is 0 Å². The molecular formula is C11H20N2O2. The van der Waals surface area contributed by atoms with E-state index in [1.54, 1.807) is 0 Å². The van der Waals surface area contributed by atoms with E-state index in [0.29, 0.717) is 12.1 Å². The maximum Gasteiger partial charge on any atom is 0.242 e. The zero-order valence-corrected chi connectivity index (χ0v) is 9.52. The smallest absolute Gasteiger partial charge is 0.242 e. The van der Waals surface area contributed by atoms with E-state index in [1.807, 2.05) is 16.8 Å². The van der Waals surface area contributed by atoms with Crippen LogP contribution < -0.4 is 0 Å². The number of nitrogens with zero attached hydrogens (tertiary/aromatic N) is 2. The molecule has 1 amide bonds. The summed E-state index contributed by atoms with van der Waals surface area (Å²) in [5.41, 5.74) is 0. The van der Waals surface area contributed by atoms with Gasteiger partial charge < -0.3 is 10.0 Å². The van der Waals surface area contributed by atoms with Gasteiger partial charge in [0.05, 0.1) is 6.61 Å². The lowest BCUT2D eigenvalue weighted by atomic mass is 10.2. The average Bonchev–Trinajstić information content (AvgIpc) is 3.01. The molecule has 2 atom stereocenters. The van der Waals surface area contributed by atoms with Crippen LogP contribution in [0.3, 0.4) is 0 Å². The first-order valence-corrected chi connectivity index (χ1v) is 5.78. The van der Waals surface area contributed by atoms with Crippen LogP contribution in [0.25, 0.3) is 0 Å². The summed E-state index contributed by atoms with van der Waals surface area (Å²) in [5, 5.41) is 9.31.